The lowest BCUT2D eigenvalue weighted by Crippen LogP contribution is -2.29. The Morgan fingerprint density at radius 2 is 1.55 bits per heavy atom. The van der Waals surface area contributed by atoms with Gasteiger partial charge in [-0.15, -0.1) is 0 Å². The molecule has 156 valence electrons. The fourth-order valence-corrected chi connectivity index (χ4v) is 3.99. The van der Waals surface area contributed by atoms with Crippen LogP contribution in [0.15, 0.2) is 82.8 Å². The number of benzene rings is 3. The number of nitrogens with zero attached hydrogens (tertiary/aromatic N) is 1. The first-order chi connectivity index (χ1) is 14.9. The van der Waals surface area contributed by atoms with Gasteiger partial charge in [-0.3, -0.25) is 14.5 Å². The largest absolute Gasteiger partial charge is 0.508 e. The van der Waals surface area contributed by atoms with E-state index in [1.807, 2.05) is 19.1 Å². The van der Waals surface area contributed by atoms with Crippen molar-refractivity contribution in [2.75, 3.05) is 4.90 Å². The Kier molecular flexibility index (Phi) is 5.65. The zero-order valence-electron chi connectivity index (χ0n) is 16.7. The molecule has 0 radical (unpaired) electrons. The van der Waals surface area contributed by atoms with Gasteiger partial charge in [0, 0.05) is 15.7 Å². The molecule has 6 heteroatoms. The molecule has 1 atom stereocenters. The second-order valence-electron chi connectivity index (χ2n) is 7.29. The summed E-state index contributed by atoms with van der Waals surface area (Å²) in [6.07, 6.45) is 0.851. The summed E-state index contributed by atoms with van der Waals surface area (Å²) in [6.45, 7) is 2.04. The number of anilines is 1. The first-order valence-electron chi connectivity index (χ1n) is 9.85. The van der Waals surface area contributed by atoms with E-state index in [1.165, 1.54) is 17.0 Å². The molecule has 4 rings (SSSR count). The van der Waals surface area contributed by atoms with E-state index in [0.717, 1.165) is 16.5 Å². The average Bonchev–Trinajstić information content (AvgIpc) is 3.05. The number of amides is 1. The van der Waals surface area contributed by atoms with Gasteiger partial charge in [-0.2, -0.15) is 0 Å². The van der Waals surface area contributed by atoms with Crippen molar-refractivity contribution < 1.29 is 19.8 Å². The van der Waals surface area contributed by atoms with Crippen molar-refractivity contribution in [1.82, 2.24) is 0 Å². The Balaban J connectivity index is 1.91. The minimum atomic E-state index is -0.822. The smallest absolute Gasteiger partial charge is 0.300 e. The van der Waals surface area contributed by atoms with E-state index in [2.05, 4.69) is 15.9 Å². The van der Waals surface area contributed by atoms with Crippen LogP contribution in [0.2, 0.25) is 0 Å². The number of aliphatic hydroxyl groups is 1. The molecule has 0 aromatic heterocycles. The molecule has 1 saturated heterocycles. The van der Waals surface area contributed by atoms with Crippen LogP contribution in [-0.2, 0) is 16.0 Å². The van der Waals surface area contributed by atoms with Crippen molar-refractivity contribution in [3.63, 3.8) is 0 Å². The van der Waals surface area contributed by atoms with Gasteiger partial charge in [0.1, 0.15) is 11.5 Å². The van der Waals surface area contributed by atoms with Crippen LogP contribution in [0.4, 0.5) is 5.69 Å². The van der Waals surface area contributed by atoms with Gasteiger partial charge in [0.05, 0.1) is 11.6 Å². The Morgan fingerprint density at radius 1 is 0.935 bits per heavy atom. The zero-order chi connectivity index (χ0) is 22.1. The number of phenols is 1. The molecule has 0 saturated carbocycles. The zero-order valence-corrected chi connectivity index (χ0v) is 18.3. The third kappa shape index (κ3) is 3.86. The number of carbonyl (C=O) groups excluding carboxylic acids is 2. The van der Waals surface area contributed by atoms with Crippen molar-refractivity contribution in [3.8, 4) is 5.75 Å². The summed E-state index contributed by atoms with van der Waals surface area (Å²) < 4.78 is 0.829. The quantitative estimate of drug-likeness (QED) is 0.301. The maximum atomic E-state index is 13.1. The molecular formula is C25H20BrNO4. The van der Waals surface area contributed by atoms with Crippen molar-refractivity contribution in [2.45, 2.75) is 19.4 Å². The predicted octanol–water partition coefficient (Wildman–Crippen LogP) is 5.34. The van der Waals surface area contributed by atoms with Crippen LogP contribution < -0.4 is 4.90 Å². The molecule has 1 aliphatic rings. The Labute approximate surface area is 188 Å². The van der Waals surface area contributed by atoms with E-state index < -0.39 is 17.7 Å². The highest BCUT2D eigenvalue weighted by atomic mass is 79.9. The minimum absolute atomic E-state index is 0.0116. The van der Waals surface area contributed by atoms with Gasteiger partial charge in [0.2, 0.25) is 0 Å². The van der Waals surface area contributed by atoms with Crippen LogP contribution in [0.3, 0.4) is 0 Å². The van der Waals surface area contributed by atoms with Gasteiger partial charge >= 0.3 is 0 Å². The summed E-state index contributed by atoms with van der Waals surface area (Å²) in [6, 6.07) is 19.8. The maximum Gasteiger partial charge on any atom is 0.300 e. The van der Waals surface area contributed by atoms with Crippen molar-refractivity contribution >= 4 is 39.1 Å². The monoisotopic (exact) mass is 477 g/mol. The van der Waals surface area contributed by atoms with E-state index in [9.17, 15) is 19.8 Å². The standard InChI is InChI=1S/C25H20BrNO4/c1-2-15-3-11-19(12-4-15)27-22(16-7-13-20(28)14-8-16)21(24(30)25(27)31)23(29)17-5-9-18(26)10-6-17/h3-14,22,28-29H,2H2,1H3/b23-21+. The third-order valence-corrected chi connectivity index (χ3v) is 5.92. The number of ketones is 1. The molecule has 3 aromatic carbocycles. The van der Waals surface area contributed by atoms with Crippen LogP contribution >= 0.6 is 15.9 Å². The van der Waals surface area contributed by atoms with Crippen molar-refractivity contribution in [1.29, 1.82) is 0 Å². The van der Waals surface area contributed by atoms with E-state index in [4.69, 9.17) is 0 Å². The van der Waals surface area contributed by atoms with Gasteiger partial charge in [-0.25, -0.2) is 0 Å². The van der Waals surface area contributed by atoms with Gasteiger partial charge in [0.25, 0.3) is 11.7 Å². The molecule has 31 heavy (non-hydrogen) atoms. The predicted molar refractivity (Wildman–Crippen MR) is 123 cm³/mol. The number of hydrogen-bond acceptors (Lipinski definition) is 4. The molecule has 1 aliphatic heterocycles. The first-order valence-corrected chi connectivity index (χ1v) is 10.6. The maximum absolute atomic E-state index is 13.1. The molecular weight excluding hydrogens is 458 g/mol. The molecule has 1 unspecified atom stereocenters. The van der Waals surface area contributed by atoms with E-state index >= 15 is 0 Å². The highest BCUT2D eigenvalue weighted by Crippen LogP contribution is 2.42. The Hall–Kier alpha value is -3.38. The fourth-order valence-electron chi connectivity index (χ4n) is 3.73. The molecule has 0 aliphatic carbocycles. The number of hydrogen-bond donors (Lipinski definition) is 2. The molecule has 2 N–H and O–H groups in total. The van der Waals surface area contributed by atoms with Gasteiger partial charge in [-0.1, -0.05) is 59.3 Å². The molecule has 1 fully saturated rings. The molecule has 0 bridgehead atoms. The highest BCUT2D eigenvalue weighted by Gasteiger charge is 2.46. The lowest BCUT2D eigenvalue weighted by molar-refractivity contribution is -0.132. The summed E-state index contributed by atoms with van der Waals surface area (Å²) in [4.78, 5) is 27.6. The van der Waals surface area contributed by atoms with Gasteiger partial charge in [0.15, 0.2) is 0 Å². The number of Topliss-reactive ketones (excluding diaryl/α,β-unsaturated/α-hetero) is 1. The molecule has 3 aromatic rings. The second-order valence-corrected chi connectivity index (χ2v) is 8.20. The minimum Gasteiger partial charge on any atom is -0.508 e. The average molecular weight is 478 g/mol. The molecule has 5 nitrogen and oxygen atoms in total. The number of carbonyl (C=O) groups is 2. The lowest BCUT2D eigenvalue weighted by Gasteiger charge is -2.25. The van der Waals surface area contributed by atoms with Crippen molar-refractivity contribution in [2.24, 2.45) is 0 Å². The number of halogens is 1. The van der Waals surface area contributed by atoms with Crippen molar-refractivity contribution in [3.05, 3.63) is 99.5 Å². The summed E-state index contributed by atoms with van der Waals surface area (Å²) in [5, 5.41) is 20.8. The van der Waals surface area contributed by atoms with Crippen LogP contribution in [0, 0.1) is 0 Å². The summed E-state index contributed by atoms with van der Waals surface area (Å²) in [7, 11) is 0. The number of rotatable bonds is 4. The molecule has 1 heterocycles. The van der Waals surface area contributed by atoms with E-state index in [-0.39, 0.29) is 17.1 Å². The molecule has 1 amide bonds. The normalized spacial score (nSPS) is 17.9. The van der Waals surface area contributed by atoms with E-state index in [1.54, 1.807) is 48.5 Å². The number of aliphatic hydroxyl groups excluding tert-OH is 1. The highest BCUT2D eigenvalue weighted by molar-refractivity contribution is 9.10. The van der Waals surface area contributed by atoms with Gasteiger partial charge in [-0.05, 0) is 53.9 Å². The lowest BCUT2D eigenvalue weighted by atomic mass is 9.95. The second kappa shape index (κ2) is 8.40. The third-order valence-electron chi connectivity index (χ3n) is 5.39. The summed E-state index contributed by atoms with van der Waals surface area (Å²) >= 11 is 3.36. The Bertz CT molecular complexity index is 1170. The first kappa shape index (κ1) is 20.9. The Morgan fingerprint density at radius 3 is 2.13 bits per heavy atom. The van der Waals surface area contributed by atoms with Crippen LogP contribution in [0.5, 0.6) is 5.75 Å². The van der Waals surface area contributed by atoms with Crippen LogP contribution in [0.25, 0.3) is 5.76 Å². The van der Waals surface area contributed by atoms with Crippen LogP contribution in [0.1, 0.15) is 29.7 Å². The number of aromatic hydroxyl groups is 1. The summed E-state index contributed by atoms with van der Waals surface area (Å²) in [5.74, 6) is -1.63. The van der Waals surface area contributed by atoms with Gasteiger partial charge < -0.3 is 10.2 Å². The summed E-state index contributed by atoms with van der Waals surface area (Å²) in [5.41, 5.74) is 2.72. The SMILES string of the molecule is CCc1ccc(N2C(=O)C(=O)/C(=C(/O)c3ccc(Br)cc3)C2c2ccc(O)cc2)cc1. The van der Waals surface area contributed by atoms with E-state index in [0.29, 0.717) is 16.8 Å². The topological polar surface area (TPSA) is 77.8 Å². The van der Waals surface area contributed by atoms with Crippen LogP contribution in [-0.4, -0.2) is 21.9 Å². The molecule has 0 spiro atoms. The fraction of sp³-hybridized carbons (Fsp3) is 0.120. The number of phenolic OH excluding ortho intramolecular Hbond substituents is 1. The number of aryl methyl sites for hydroxylation is 1.